The average molecular weight is 392 g/mol. The lowest BCUT2D eigenvalue weighted by Crippen LogP contribution is -2.24. The topological polar surface area (TPSA) is 93.2 Å². The molecule has 0 fully saturated rings. The van der Waals surface area contributed by atoms with Crippen LogP contribution in [0.2, 0.25) is 0 Å². The normalized spacial score (nSPS) is 11.0. The van der Waals surface area contributed by atoms with E-state index in [1.807, 2.05) is 0 Å². The molecule has 0 bridgehead atoms. The third kappa shape index (κ3) is 6.57. The van der Waals surface area contributed by atoms with Crippen LogP contribution in [0.4, 0.5) is 14.6 Å². The van der Waals surface area contributed by atoms with E-state index >= 15 is 0 Å². The molecule has 28 heavy (non-hydrogen) atoms. The Kier molecular flexibility index (Phi) is 6.97. The molecule has 0 unspecified atom stereocenters. The Labute approximate surface area is 161 Å². The van der Waals surface area contributed by atoms with Crippen LogP contribution in [-0.2, 0) is 11.3 Å². The molecule has 2 aromatic heterocycles. The van der Waals surface area contributed by atoms with Gasteiger partial charge in [-0.15, -0.1) is 0 Å². The van der Waals surface area contributed by atoms with E-state index in [1.54, 1.807) is 19.9 Å². The number of ether oxygens (including phenoxy) is 1. The van der Waals surface area contributed by atoms with Crippen LogP contribution in [-0.4, -0.2) is 34.3 Å². The zero-order valence-corrected chi connectivity index (χ0v) is 15.9. The van der Waals surface area contributed by atoms with E-state index in [0.29, 0.717) is 23.5 Å². The van der Waals surface area contributed by atoms with Gasteiger partial charge in [0.2, 0.25) is 11.8 Å². The molecule has 2 N–H and O–H groups in total. The van der Waals surface area contributed by atoms with E-state index in [-0.39, 0.29) is 24.2 Å². The number of carbonyl (C=O) groups is 2. The molecular formula is C19H22F2N4O3. The standard InChI is InChI=1S/C19H22F2N4O3/c1-4-16(26)25-15-9-13(7-8-22-15)18(27)23-10-14-5-6-17(24-12(14)2)28-11-19(3,20)21/h5-9H,4,10-11H2,1-3H3,(H,23,27)(H,22,25,26). The second kappa shape index (κ2) is 9.20. The van der Waals surface area contributed by atoms with Gasteiger partial charge in [-0.1, -0.05) is 13.0 Å². The number of anilines is 1. The summed E-state index contributed by atoms with van der Waals surface area (Å²) in [6.07, 6.45) is 1.74. The summed E-state index contributed by atoms with van der Waals surface area (Å²) in [5.74, 6) is -3.09. The fourth-order valence-corrected chi connectivity index (χ4v) is 2.18. The molecule has 0 saturated heterocycles. The van der Waals surface area contributed by atoms with E-state index in [1.165, 1.54) is 24.4 Å². The van der Waals surface area contributed by atoms with Crippen LogP contribution in [0.15, 0.2) is 30.5 Å². The number of pyridine rings is 2. The number of hydrogen-bond acceptors (Lipinski definition) is 5. The molecule has 2 heterocycles. The average Bonchev–Trinajstić information content (AvgIpc) is 2.65. The van der Waals surface area contributed by atoms with Crippen molar-refractivity contribution in [2.24, 2.45) is 0 Å². The van der Waals surface area contributed by atoms with Gasteiger partial charge in [-0.05, 0) is 24.6 Å². The van der Waals surface area contributed by atoms with Gasteiger partial charge in [-0.2, -0.15) is 0 Å². The summed E-state index contributed by atoms with van der Waals surface area (Å²) in [5.41, 5.74) is 1.62. The number of carbonyl (C=O) groups excluding carboxylic acids is 2. The van der Waals surface area contributed by atoms with Crippen molar-refractivity contribution in [1.82, 2.24) is 15.3 Å². The summed E-state index contributed by atoms with van der Waals surface area (Å²) in [6, 6.07) is 6.15. The van der Waals surface area contributed by atoms with E-state index in [4.69, 9.17) is 4.74 Å². The minimum absolute atomic E-state index is 0.0968. The quantitative estimate of drug-likeness (QED) is 0.720. The first kappa shape index (κ1) is 21.2. The number of aryl methyl sites for hydroxylation is 1. The first-order valence-corrected chi connectivity index (χ1v) is 8.69. The third-order valence-electron chi connectivity index (χ3n) is 3.69. The van der Waals surface area contributed by atoms with Crippen LogP contribution in [0.5, 0.6) is 5.88 Å². The van der Waals surface area contributed by atoms with E-state index < -0.39 is 12.5 Å². The Morgan fingerprint density at radius 3 is 2.64 bits per heavy atom. The van der Waals surface area contributed by atoms with Gasteiger partial charge < -0.3 is 15.4 Å². The van der Waals surface area contributed by atoms with Crippen LogP contribution in [0, 0.1) is 6.92 Å². The van der Waals surface area contributed by atoms with Crippen molar-refractivity contribution >= 4 is 17.6 Å². The summed E-state index contributed by atoms with van der Waals surface area (Å²) in [4.78, 5) is 31.9. The molecule has 0 aliphatic carbocycles. The van der Waals surface area contributed by atoms with Crippen molar-refractivity contribution in [3.05, 3.63) is 47.3 Å². The zero-order chi connectivity index (χ0) is 20.7. The predicted octanol–water partition coefficient (Wildman–Crippen LogP) is 3.10. The van der Waals surface area contributed by atoms with Gasteiger partial charge in [0.15, 0.2) is 6.61 Å². The molecule has 2 amide bonds. The minimum Gasteiger partial charge on any atom is -0.471 e. The van der Waals surface area contributed by atoms with Gasteiger partial charge >= 0.3 is 0 Å². The number of amides is 2. The predicted molar refractivity (Wildman–Crippen MR) is 99.4 cm³/mol. The Morgan fingerprint density at radius 1 is 1.25 bits per heavy atom. The van der Waals surface area contributed by atoms with Crippen molar-refractivity contribution in [3.8, 4) is 5.88 Å². The zero-order valence-electron chi connectivity index (χ0n) is 15.9. The molecule has 0 aliphatic rings. The smallest absolute Gasteiger partial charge is 0.278 e. The van der Waals surface area contributed by atoms with Crippen LogP contribution >= 0.6 is 0 Å². The van der Waals surface area contributed by atoms with Crippen molar-refractivity contribution < 1.29 is 23.1 Å². The molecule has 0 radical (unpaired) electrons. The number of aromatic nitrogens is 2. The molecule has 0 aromatic carbocycles. The fraction of sp³-hybridized carbons (Fsp3) is 0.368. The molecule has 0 aliphatic heterocycles. The fourth-order valence-electron chi connectivity index (χ4n) is 2.18. The van der Waals surface area contributed by atoms with Crippen molar-refractivity contribution in [1.29, 1.82) is 0 Å². The highest BCUT2D eigenvalue weighted by Gasteiger charge is 2.22. The summed E-state index contributed by atoms with van der Waals surface area (Å²) >= 11 is 0. The second-order valence-corrected chi connectivity index (χ2v) is 6.27. The molecule has 9 heteroatoms. The lowest BCUT2D eigenvalue weighted by molar-refractivity contribution is -0.115. The molecular weight excluding hydrogens is 370 g/mol. The Morgan fingerprint density at radius 2 is 2.00 bits per heavy atom. The lowest BCUT2D eigenvalue weighted by atomic mass is 10.2. The number of hydrogen-bond donors (Lipinski definition) is 2. The number of alkyl halides is 2. The Balaban J connectivity index is 1.97. The highest BCUT2D eigenvalue weighted by Crippen LogP contribution is 2.17. The lowest BCUT2D eigenvalue weighted by Gasteiger charge is -2.13. The minimum atomic E-state index is -2.94. The highest BCUT2D eigenvalue weighted by atomic mass is 19.3. The maximum absolute atomic E-state index is 12.8. The molecule has 2 rings (SSSR count). The molecule has 150 valence electrons. The number of nitrogens with one attached hydrogen (secondary N) is 2. The summed E-state index contributed by atoms with van der Waals surface area (Å²) in [5, 5.41) is 5.34. The van der Waals surface area contributed by atoms with Crippen LogP contribution in [0.3, 0.4) is 0 Å². The monoisotopic (exact) mass is 392 g/mol. The van der Waals surface area contributed by atoms with Crippen LogP contribution < -0.4 is 15.4 Å². The molecule has 7 nitrogen and oxygen atoms in total. The van der Waals surface area contributed by atoms with Gasteiger partial charge in [-0.3, -0.25) is 9.59 Å². The molecule has 2 aromatic rings. The Hall–Kier alpha value is -3.10. The summed E-state index contributed by atoms with van der Waals surface area (Å²) in [6.45, 7) is 3.62. The molecule has 0 atom stereocenters. The molecule has 0 saturated carbocycles. The van der Waals surface area contributed by atoms with Crippen LogP contribution in [0.25, 0.3) is 0 Å². The Bertz CT molecular complexity index is 853. The third-order valence-corrected chi connectivity index (χ3v) is 3.69. The van der Waals surface area contributed by atoms with Gasteiger partial charge in [0.1, 0.15) is 5.82 Å². The SMILES string of the molecule is CCC(=O)Nc1cc(C(=O)NCc2ccc(OCC(C)(F)F)nc2C)ccn1. The largest absolute Gasteiger partial charge is 0.471 e. The van der Waals surface area contributed by atoms with Crippen LogP contribution in [0.1, 0.15) is 41.9 Å². The molecule has 0 spiro atoms. The van der Waals surface area contributed by atoms with Crippen molar-refractivity contribution in [2.75, 3.05) is 11.9 Å². The summed E-state index contributed by atoms with van der Waals surface area (Å²) in [7, 11) is 0. The number of rotatable bonds is 8. The first-order chi connectivity index (χ1) is 13.2. The number of nitrogens with zero attached hydrogens (tertiary/aromatic N) is 2. The maximum Gasteiger partial charge on any atom is 0.278 e. The van der Waals surface area contributed by atoms with E-state index in [2.05, 4.69) is 20.6 Å². The van der Waals surface area contributed by atoms with Gasteiger partial charge in [0.05, 0.1) is 0 Å². The summed E-state index contributed by atoms with van der Waals surface area (Å²) < 4.78 is 30.7. The van der Waals surface area contributed by atoms with Crippen molar-refractivity contribution in [2.45, 2.75) is 39.7 Å². The second-order valence-electron chi connectivity index (χ2n) is 6.27. The maximum atomic E-state index is 12.8. The highest BCUT2D eigenvalue weighted by molar-refractivity contribution is 5.96. The van der Waals surface area contributed by atoms with Gasteiger partial charge in [-0.25, -0.2) is 18.7 Å². The van der Waals surface area contributed by atoms with Gasteiger partial charge in [0, 0.05) is 43.4 Å². The van der Waals surface area contributed by atoms with Crippen molar-refractivity contribution in [3.63, 3.8) is 0 Å². The van der Waals surface area contributed by atoms with Gasteiger partial charge in [0.25, 0.3) is 11.8 Å². The van der Waals surface area contributed by atoms with E-state index in [0.717, 1.165) is 12.5 Å². The van der Waals surface area contributed by atoms with E-state index in [9.17, 15) is 18.4 Å². The first-order valence-electron chi connectivity index (χ1n) is 8.69. The number of halogens is 2.